The molecule has 0 amide bonds. The summed E-state index contributed by atoms with van der Waals surface area (Å²) in [6.07, 6.45) is 1.90. The van der Waals surface area contributed by atoms with Gasteiger partial charge in [-0.2, -0.15) is 5.10 Å². The fourth-order valence-electron chi connectivity index (χ4n) is 1.20. The van der Waals surface area contributed by atoms with Gasteiger partial charge in [0.15, 0.2) is 5.03 Å². The number of aromatic nitrogens is 2. The van der Waals surface area contributed by atoms with Gasteiger partial charge in [0.05, 0.1) is 11.2 Å². The molecule has 5 nitrogen and oxygen atoms in total. The van der Waals surface area contributed by atoms with Crippen LogP contribution in [-0.4, -0.2) is 30.1 Å². The number of rotatable bonds is 5. The molecule has 0 aliphatic carbocycles. The first-order chi connectivity index (χ1) is 7.42. The maximum Gasteiger partial charge on any atom is 0.259 e. The quantitative estimate of drug-likeness (QED) is 0.831. The van der Waals surface area contributed by atoms with Crippen LogP contribution in [-0.2, 0) is 17.1 Å². The van der Waals surface area contributed by atoms with Crippen molar-refractivity contribution in [3.05, 3.63) is 11.2 Å². The lowest BCUT2D eigenvalue weighted by molar-refractivity contribution is 0.542. The van der Waals surface area contributed by atoms with Crippen molar-refractivity contribution in [2.24, 2.45) is 7.05 Å². The number of hydrogen-bond donors (Lipinski definition) is 1. The summed E-state index contributed by atoms with van der Waals surface area (Å²) < 4.78 is 27.6. The van der Waals surface area contributed by atoms with Crippen LogP contribution in [0.5, 0.6) is 0 Å². The van der Waals surface area contributed by atoms with Crippen LogP contribution in [0, 0.1) is 0 Å². The minimum atomic E-state index is -3.67. The largest absolute Gasteiger partial charge is 0.259 e. The second-order valence-corrected chi connectivity index (χ2v) is 5.65. The summed E-state index contributed by atoms with van der Waals surface area (Å²) in [5, 5.41) is 3.83. The van der Waals surface area contributed by atoms with Crippen molar-refractivity contribution in [3.63, 3.8) is 0 Å². The van der Waals surface area contributed by atoms with Crippen LogP contribution in [0.4, 0.5) is 0 Å². The van der Waals surface area contributed by atoms with Gasteiger partial charge in [-0.3, -0.25) is 4.68 Å². The molecule has 1 heterocycles. The van der Waals surface area contributed by atoms with Crippen molar-refractivity contribution in [2.45, 2.75) is 24.4 Å². The lowest BCUT2D eigenvalue weighted by atomic mass is 10.3. The van der Waals surface area contributed by atoms with Gasteiger partial charge < -0.3 is 0 Å². The van der Waals surface area contributed by atoms with E-state index in [0.717, 1.165) is 0 Å². The van der Waals surface area contributed by atoms with Crippen molar-refractivity contribution >= 4 is 33.2 Å². The Hall–Kier alpha value is -0.300. The molecule has 1 unspecified atom stereocenters. The minimum Gasteiger partial charge on any atom is -0.255 e. The van der Waals surface area contributed by atoms with Crippen molar-refractivity contribution in [3.8, 4) is 0 Å². The second kappa shape index (κ2) is 5.35. The van der Waals surface area contributed by atoms with E-state index in [-0.39, 0.29) is 22.0 Å². The molecule has 0 saturated heterocycles. The van der Waals surface area contributed by atoms with Crippen LogP contribution in [0.2, 0.25) is 5.02 Å². The van der Waals surface area contributed by atoms with Gasteiger partial charge >= 0.3 is 0 Å². The number of nitrogens with one attached hydrogen (secondary N) is 1. The molecule has 0 spiro atoms. The third-order valence-electron chi connectivity index (χ3n) is 2.10. The van der Waals surface area contributed by atoms with Crippen LogP contribution >= 0.6 is 23.2 Å². The molecular weight excluding hydrogens is 273 g/mol. The molecule has 1 rings (SSSR count). The molecule has 92 valence electrons. The smallest absolute Gasteiger partial charge is 0.255 e. The first kappa shape index (κ1) is 13.8. The summed E-state index contributed by atoms with van der Waals surface area (Å²) in [6.45, 7) is 1.85. The second-order valence-electron chi connectivity index (χ2n) is 3.30. The van der Waals surface area contributed by atoms with E-state index < -0.39 is 10.0 Å². The molecule has 0 aliphatic heterocycles. The maximum absolute atomic E-state index is 11.9. The highest BCUT2D eigenvalue weighted by molar-refractivity contribution is 7.89. The first-order valence-electron chi connectivity index (χ1n) is 4.68. The maximum atomic E-state index is 11.9. The fraction of sp³-hybridized carbons (Fsp3) is 0.625. The molecule has 0 aliphatic rings. The van der Waals surface area contributed by atoms with Gasteiger partial charge in [0.25, 0.3) is 10.0 Å². The number of alkyl halides is 1. The summed E-state index contributed by atoms with van der Waals surface area (Å²) in [7, 11) is -2.15. The topological polar surface area (TPSA) is 64.0 Å². The third-order valence-corrected chi connectivity index (χ3v) is 4.50. The van der Waals surface area contributed by atoms with Crippen molar-refractivity contribution < 1.29 is 8.42 Å². The Morgan fingerprint density at radius 3 is 2.62 bits per heavy atom. The van der Waals surface area contributed by atoms with Crippen molar-refractivity contribution in [1.82, 2.24) is 14.5 Å². The molecule has 0 aromatic carbocycles. The predicted molar refractivity (Wildman–Crippen MR) is 63.3 cm³/mol. The Morgan fingerprint density at radius 2 is 2.25 bits per heavy atom. The highest BCUT2D eigenvalue weighted by Crippen LogP contribution is 2.20. The van der Waals surface area contributed by atoms with Crippen molar-refractivity contribution in [2.75, 3.05) is 5.88 Å². The first-order valence-corrected chi connectivity index (χ1v) is 7.07. The van der Waals surface area contributed by atoms with Gasteiger partial charge in [-0.15, -0.1) is 11.6 Å². The molecule has 0 radical (unpaired) electrons. The zero-order chi connectivity index (χ0) is 12.3. The number of sulfonamides is 1. The molecule has 8 heteroatoms. The molecule has 1 aromatic rings. The highest BCUT2D eigenvalue weighted by atomic mass is 35.5. The average Bonchev–Trinajstić information content (AvgIpc) is 2.55. The van der Waals surface area contributed by atoms with Gasteiger partial charge in [-0.05, 0) is 6.42 Å². The third kappa shape index (κ3) is 2.88. The Bertz CT molecular complexity index is 434. The van der Waals surface area contributed by atoms with Crippen LogP contribution in [0.15, 0.2) is 11.2 Å². The van der Waals surface area contributed by atoms with Crippen molar-refractivity contribution in [1.29, 1.82) is 0 Å². The summed E-state index contributed by atoms with van der Waals surface area (Å²) in [6, 6.07) is -0.308. The Balaban J connectivity index is 3.03. The predicted octanol–water partition coefficient (Wildman–Crippen LogP) is 1.37. The SMILES string of the molecule is CCC(CCl)NS(=O)(=O)c1c(Cl)cnn1C. The van der Waals surface area contributed by atoms with E-state index in [0.29, 0.717) is 6.42 Å². The van der Waals surface area contributed by atoms with E-state index in [9.17, 15) is 8.42 Å². The molecule has 0 saturated carbocycles. The number of aryl methyl sites for hydroxylation is 1. The number of halogens is 2. The number of hydrogen-bond acceptors (Lipinski definition) is 3. The lowest BCUT2D eigenvalue weighted by Gasteiger charge is -2.14. The standard InChI is InChI=1S/C8H13Cl2N3O2S/c1-3-6(4-9)12-16(14,15)8-7(10)5-11-13(8)2/h5-6,12H,3-4H2,1-2H3. The molecule has 0 bridgehead atoms. The van der Waals surface area contributed by atoms with E-state index in [4.69, 9.17) is 23.2 Å². The van der Waals surface area contributed by atoms with Crippen LogP contribution in [0.1, 0.15) is 13.3 Å². The summed E-state index contributed by atoms with van der Waals surface area (Å²) >= 11 is 11.4. The van der Waals surface area contributed by atoms with E-state index in [2.05, 4.69) is 9.82 Å². The summed E-state index contributed by atoms with van der Waals surface area (Å²) in [5.41, 5.74) is 0. The van der Waals surface area contributed by atoms with E-state index in [1.807, 2.05) is 6.92 Å². The monoisotopic (exact) mass is 285 g/mol. The Morgan fingerprint density at radius 1 is 1.62 bits per heavy atom. The van der Waals surface area contributed by atoms with Crippen LogP contribution in [0.3, 0.4) is 0 Å². The number of nitrogens with zero attached hydrogens (tertiary/aromatic N) is 2. The van der Waals surface area contributed by atoms with E-state index in [1.54, 1.807) is 0 Å². The highest BCUT2D eigenvalue weighted by Gasteiger charge is 2.24. The summed E-state index contributed by atoms with van der Waals surface area (Å²) in [5.74, 6) is 0.213. The average molecular weight is 286 g/mol. The summed E-state index contributed by atoms with van der Waals surface area (Å²) in [4.78, 5) is 0. The van der Waals surface area contributed by atoms with Crippen LogP contribution in [0.25, 0.3) is 0 Å². The van der Waals surface area contributed by atoms with Gasteiger partial charge in [0.2, 0.25) is 0 Å². The molecule has 0 fully saturated rings. The lowest BCUT2D eigenvalue weighted by Crippen LogP contribution is -2.36. The zero-order valence-electron chi connectivity index (χ0n) is 8.94. The van der Waals surface area contributed by atoms with Gasteiger partial charge in [-0.1, -0.05) is 18.5 Å². The normalized spacial score (nSPS) is 14.0. The Kier molecular flexibility index (Phi) is 4.61. The van der Waals surface area contributed by atoms with Gasteiger partial charge in [-0.25, -0.2) is 13.1 Å². The fourth-order valence-corrected chi connectivity index (χ4v) is 3.56. The molecule has 1 N–H and O–H groups in total. The van der Waals surface area contributed by atoms with E-state index in [1.165, 1.54) is 17.9 Å². The zero-order valence-corrected chi connectivity index (χ0v) is 11.3. The minimum absolute atomic E-state index is 0.0438. The van der Waals surface area contributed by atoms with Gasteiger partial charge in [0.1, 0.15) is 0 Å². The molecule has 1 aromatic heterocycles. The molecular formula is C8H13Cl2N3O2S. The Labute approximate surface area is 105 Å². The van der Waals surface area contributed by atoms with Gasteiger partial charge in [0, 0.05) is 19.0 Å². The molecule has 16 heavy (non-hydrogen) atoms. The van der Waals surface area contributed by atoms with Crippen LogP contribution < -0.4 is 4.72 Å². The van der Waals surface area contributed by atoms with E-state index >= 15 is 0 Å². The molecule has 1 atom stereocenters.